The Hall–Kier alpha value is -1.66. The monoisotopic (exact) mass is 351 g/mol. The van der Waals surface area contributed by atoms with Crippen LogP contribution in [-0.4, -0.2) is 33.9 Å². The number of aryl methyl sites for hydroxylation is 1. The number of nitrogens with zero attached hydrogens (tertiary/aromatic N) is 2. The smallest absolute Gasteiger partial charge is 0.251 e. The molecule has 0 saturated carbocycles. The third kappa shape index (κ3) is 3.51. The van der Waals surface area contributed by atoms with Gasteiger partial charge in [-0.1, -0.05) is 0 Å². The van der Waals surface area contributed by atoms with Gasteiger partial charge in [-0.3, -0.25) is 4.79 Å². The largest absolute Gasteiger partial charge is 0.396 e. The fourth-order valence-corrected chi connectivity index (χ4v) is 2.26. The quantitative estimate of drug-likeness (QED) is 0.812. The highest BCUT2D eigenvalue weighted by molar-refractivity contribution is 9.10. The van der Waals surface area contributed by atoms with E-state index in [0.717, 1.165) is 21.5 Å². The van der Waals surface area contributed by atoms with Gasteiger partial charge in [0.05, 0.1) is 21.5 Å². The van der Waals surface area contributed by atoms with E-state index in [1.807, 2.05) is 30.7 Å². The zero-order valence-electron chi connectivity index (χ0n) is 12.1. The van der Waals surface area contributed by atoms with Crippen LogP contribution >= 0.6 is 15.9 Å². The highest BCUT2D eigenvalue weighted by Crippen LogP contribution is 2.23. The molecule has 112 valence electrons. The van der Waals surface area contributed by atoms with E-state index in [1.165, 1.54) is 0 Å². The molecule has 6 heteroatoms. The van der Waals surface area contributed by atoms with E-state index in [9.17, 15) is 4.79 Å². The molecule has 1 aromatic heterocycles. The van der Waals surface area contributed by atoms with Crippen LogP contribution in [0.4, 0.5) is 0 Å². The molecule has 0 bridgehead atoms. The van der Waals surface area contributed by atoms with Gasteiger partial charge in [0.2, 0.25) is 0 Å². The van der Waals surface area contributed by atoms with Crippen LogP contribution in [0.5, 0.6) is 0 Å². The molecule has 5 nitrogen and oxygen atoms in total. The minimum atomic E-state index is -0.135. The summed E-state index contributed by atoms with van der Waals surface area (Å²) in [6.07, 6.45) is 0.559. The van der Waals surface area contributed by atoms with E-state index >= 15 is 0 Å². The summed E-state index contributed by atoms with van der Waals surface area (Å²) >= 11 is 3.50. The number of aliphatic hydroxyl groups is 1. The molecule has 21 heavy (non-hydrogen) atoms. The Morgan fingerprint density at radius 1 is 1.33 bits per heavy atom. The fourth-order valence-electron chi connectivity index (χ4n) is 2.01. The number of aromatic nitrogens is 2. The zero-order chi connectivity index (χ0) is 15.4. The van der Waals surface area contributed by atoms with Crippen LogP contribution in [0.1, 0.15) is 28.2 Å². The summed E-state index contributed by atoms with van der Waals surface area (Å²) in [4.78, 5) is 11.9. The average Bonchev–Trinajstić information content (AvgIpc) is 2.75. The van der Waals surface area contributed by atoms with Crippen LogP contribution in [0, 0.1) is 13.8 Å². The molecule has 0 atom stereocenters. The summed E-state index contributed by atoms with van der Waals surface area (Å²) in [5.74, 6) is -0.135. The Balaban J connectivity index is 2.15. The van der Waals surface area contributed by atoms with E-state index < -0.39 is 0 Å². The van der Waals surface area contributed by atoms with Crippen molar-refractivity contribution in [2.45, 2.75) is 20.3 Å². The third-order valence-corrected chi connectivity index (χ3v) is 4.35. The van der Waals surface area contributed by atoms with Crippen molar-refractivity contribution < 1.29 is 9.90 Å². The Morgan fingerprint density at radius 2 is 2.00 bits per heavy atom. The predicted molar refractivity (Wildman–Crippen MR) is 84.8 cm³/mol. The number of nitrogens with one attached hydrogen (secondary N) is 1. The molecule has 0 aliphatic heterocycles. The Bertz CT molecular complexity index is 635. The van der Waals surface area contributed by atoms with E-state index in [4.69, 9.17) is 5.11 Å². The van der Waals surface area contributed by atoms with E-state index in [0.29, 0.717) is 18.5 Å². The van der Waals surface area contributed by atoms with Crippen molar-refractivity contribution in [2.75, 3.05) is 13.2 Å². The molecule has 1 aromatic carbocycles. The zero-order valence-corrected chi connectivity index (χ0v) is 13.6. The van der Waals surface area contributed by atoms with Crippen molar-refractivity contribution in [1.82, 2.24) is 15.1 Å². The Morgan fingerprint density at radius 3 is 2.52 bits per heavy atom. The first-order valence-corrected chi connectivity index (χ1v) is 7.55. The molecule has 2 N–H and O–H groups in total. The van der Waals surface area contributed by atoms with E-state index in [-0.39, 0.29) is 12.5 Å². The first kappa shape index (κ1) is 15.7. The second-order valence-corrected chi connectivity index (χ2v) is 5.57. The van der Waals surface area contributed by atoms with Crippen molar-refractivity contribution in [3.8, 4) is 5.69 Å². The highest BCUT2D eigenvalue weighted by Gasteiger charge is 2.11. The SMILES string of the molecule is Cc1nn(-c2ccc(C(=O)NCCCO)cc2)c(C)c1Br. The standard InChI is InChI=1S/C15H18BrN3O2/c1-10-14(16)11(2)19(18-10)13-6-4-12(5-7-13)15(21)17-8-3-9-20/h4-7,20H,3,8-9H2,1-2H3,(H,17,21). The number of halogens is 1. The van der Waals surface area contributed by atoms with Gasteiger partial charge in [0.25, 0.3) is 5.91 Å². The van der Waals surface area contributed by atoms with Gasteiger partial charge in [0, 0.05) is 18.7 Å². The summed E-state index contributed by atoms with van der Waals surface area (Å²) in [7, 11) is 0. The van der Waals surface area contributed by atoms with Crippen LogP contribution in [0.3, 0.4) is 0 Å². The number of benzene rings is 1. The van der Waals surface area contributed by atoms with Crippen LogP contribution < -0.4 is 5.32 Å². The van der Waals surface area contributed by atoms with Crippen LogP contribution in [0.2, 0.25) is 0 Å². The maximum atomic E-state index is 11.9. The van der Waals surface area contributed by atoms with Crippen molar-refractivity contribution in [2.24, 2.45) is 0 Å². The maximum absolute atomic E-state index is 11.9. The normalized spacial score (nSPS) is 10.7. The van der Waals surface area contributed by atoms with E-state index in [1.54, 1.807) is 12.1 Å². The van der Waals surface area contributed by atoms with Crippen molar-refractivity contribution in [1.29, 1.82) is 0 Å². The summed E-state index contributed by atoms with van der Waals surface area (Å²) in [6.45, 7) is 4.48. The van der Waals surface area contributed by atoms with Crippen LogP contribution in [-0.2, 0) is 0 Å². The molecule has 1 amide bonds. The molecule has 2 aromatic rings. The molecule has 0 saturated heterocycles. The first-order valence-electron chi connectivity index (χ1n) is 6.76. The van der Waals surface area contributed by atoms with Gasteiger partial charge in [-0.25, -0.2) is 4.68 Å². The van der Waals surface area contributed by atoms with Gasteiger partial charge in [0.15, 0.2) is 0 Å². The summed E-state index contributed by atoms with van der Waals surface area (Å²) in [6, 6.07) is 7.28. The number of carbonyl (C=O) groups excluding carboxylic acids is 1. The van der Waals surface area contributed by atoms with Gasteiger partial charge in [-0.15, -0.1) is 0 Å². The maximum Gasteiger partial charge on any atom is 0.251 e. The minimum Gasteiger partial charge on any atom is -0.396 e. The molecule has 2 rings (SSSR count). The minimum absolute atomic E-state index is 0.0754. The number of hydrogen-bond acceptors (Lipinski definition) is 3. The lowest BCUT2D eigenvalue weighted by Gasteiger charge is -2.07. The molecule has 0 spiro atoms. The lowest BCUT2D eigenvalue weighted by Crippen LogP contribution is -2.24. The topological polar surface area (TPSA) is 67.2 Å². The van der Waals surface area contributed by atoms with Crippen molar-refractivity contribution >= 4 is 21.8 Å². The lowest BCUT2D eigenvalue weighted by atomic mass is 10.2. The number of aliphatic hydroxyl groups excluding tert-OH is 1. The molecule has 1 heterocycles. The van der Waals surface area contributed by atoms with Gasteiger partial charge in [-0.05, 0) is 60.5 Å². The fraction of sp³-hybridized carbons (Fsp3) is 0.333. The van der Waals surface area contributed by atoms with E-state index in [2.05, 4.69) is 26.3 Å². The molecule has 0 fully saturated rings. The molecular formula is C15H18BrN3O2. The predicted octanol–water partition coefficient (Wildman–Crippen LogP) is 2.36. The number of amides is 1. The average molecular weight is 352 g/mol. The second kappa shape index (κ2) is 6.87. The van der Waals surface area contributed by atoms with Crippen molar-refractivity contribution in [3.63, 3.8) is 0 Å². The van der Waals surface area contributed by atoms with Gasteiger partial charge in [0.1, 0.15) is 0 Å². The number of carbonyl (C=O) groups is 1. The molecule has 0 unspecified atom stereocenters. The third-order valence-electron chi connectivity index (χ3n) is 3.20. The first-order chi connectivity index (χ1) is 10.0. The highest BCUT2D eigenvalue weighted by atomic mass is 79.9. The molecule has 0 aliphatic carbocycles. The molecule has 0 radical (unpaired) electrons. The Kier molecular flexibility index (Phi) is 5.14. The van der Waals surface area contributed by atoms with Gasteiger partial charge < -0.3 is 10.4 Å². The number of rotatable bonds is 5. The van der Waals surface area contributed by atoms with Crippen molar-refractivity contribution in [3.05, 3.63) is 45.7 Å². The van der Waals surface area contributed by atoms with Gasteiger partial charge >= 0.3 is 0 Å². The lowest BCUT2D eigenvalue weighted by molar-refractivity contribution is 0.0951. The van der Waals surface area contributed by atoms with Gasteiger partial charge in [-0.2, -0.15) is 5.10 Å². The summed E-state index contributed by atoms with van der Waals surface area (Å²) in [5.41, 5.74) is 3.46. The van der Waals surface area contributed by atoms with Crippen LogP contribution in [0.25, 0.3) is 5.69 Å². The van der Waals surface area contributed by atoms with Crippen LogP contribution in [0.15, 0.2) is 28.7 Å². The second-order valence-electron chi connectivity index (χ2n) is 4.78. The molecular weight excluding hydrogens is 334 g/mol. The number of hydrogen-bond donors (Lipinski definition) is 2. The summed E-state index contributed by atoms with van der Waals surface area (Å²) in [5, 5.41) is 15.9. The molecule has 0 aliphatic rings. The Labute approximate surface area is 132 Å². The summed E-state index contributed by atoms with van der Waals surface area (Å²) < 4.78 is 2.83.